The maximum Gasteiger partial charge on any atom is 0.223 e. The second kappa shape index (κ2) is 7.73. The van der Waals surface area contributed by atoms with Gasteiger partial charge in [-0.15, -0.1) is 0 Å². The lowest BCUT2D eigenvalue weighted by molar-refractivity contribution is -0.133. The van der Waals surface area contributed by atoms with Crippen molar-refractivity contribution in [1.29, 1.82) is 0 Å². The highest BCUT2D eigenvalue weighted by molar-refractivity contribution is 5.99. The fourth-order valence-corrected chi connectivity index (χ4v) is 3.66. The molecule has 136 valence electrons. The molecule has 3 rings (SSSR count). The van der Waals surface area contributed by atoms with Crippen LogP contribution in [0.3, 0.4) is 0 Å². The summed E-state index contributed by atoms with van der Waals surface area (Å²) < 4.78 is 5.29. The molecule has 0 spiro atoms. The van der Waals surface area contributed by atoms with Crippen LogP contribution in [0.25, 0.3) is 0 Å². The molecule has 26 heavy (non-hydrogen) atoms. The summed E-state index contributed by atoms with van der Waals surface area (Å²) in [6.07, 6.45) is 1.32. The number of nitrogens with zero attached hydrogens (tertiary/aromatic N) is 1. The molecule has 1 amide bonds. The van der Waals surface area contributed by atoms with Gasteiger partial charge in [-0.2, -0.15) is 0 Å². The molecule has 0 fully saturated rings. The van der Waals surface area contributed by atoms with Crippen molar-refractivity contribution >= 4 is 11.7 Å². The molecule has 1 aliphatic heterocycles. The molecule has 4 nitrogen and oxygen atoms in total. The minimum absolute atomic E-state index is 0.0192. The molecule has 0 saturated carbocycles. The third-order valence-electron chi connectivity index (χ3n) is 5.22. The van der Waals surface area contributed by atoms with Gasteiger partial charge in [-0.3, -0.25) is 9.59 Å². The monoisotopic (exact) mass is 351 g/mol. The van der Waals surface area contributed by atoms with Gasteiger partial charge in [0.05, 0.1) is 13.2 Å². The minimum atomic E-state index is 0.0192. The first-order valence-corrected chi connectivity index (χ1v) is 9.06. The van der Waals surface area contributed by atoms with E-state index in [0.29, 0.717) is 12.1 Å². The first-order chi connectivity index (χ1) is 12.5. The topological polar surface area (TPSA) is 46.6 Å². The van der Waals surface area contributed by atoms with E-state index in [-0.39, 0.29) is 30.6 Å². The highest BCUT2D eigenvalue weighted by Gasteiger charge is 2.28. The zero-order valence-electron chi connectivity index (χ0n) is 15.6. The van der Waals surface area contributed by atoms with Gasteiger partial charge in [-0.05, 0) is 49.1 Å². The summed E-state index contributed by atoms with van der Waals surface area (Å²) in [6.45, 7) is 4.65. The molecule has 1 atom stereocenters. The van der Waals surface area contributed by atoms with Crippen molar-refractivity contribution in [2.24, 2.45) is 0 Å². The predicted octanol–water partition coefficient (Wildman–Crippen LogP) is 4.11. The lowest BCUT2D eigenvalue weighted by Gasteiger charge is -2.35. The molecule has 1 aliphatic rings. The zero-order valence-corrected chi connectivity index (χ0v) is 15.6. The van der Waals surface area contributed by atoms with E-state index in [9.17, 15) is 9.59 Å². The average molecular weight is 351 g/mol. The molecule has 0 bridgehead atoms. The second-order valence-electron chi connectivity index (χ2n) is 6.82. The third-order valence-corrected chi connectivity index (χ3v) is 5.22. The standard InChI is InChI=1S/C22H25NO3/c1-15-6-4-5-7-19(15)21(24)10-11-22(25)23-13-12-17-14-18(26-3)8-9-20(17)16(23)2/h4-9,14,16H,10-13H2,1-3H3. The first kappa shape index (κ1) is 18.2. The Balaban J connectivity index is 1.65. The van der Waals surface area contributed by atoms with Gasteiger partial charge in [0.1, 0.15) is 5.75 Å². The lowest BCUT2D eigenvalue weighted by Crippen LogP contribution is -2.39. The fourth-order valence-electron chi connectivity index (χ4n) is 3.66. The van der Waals surface area contributed by atoms with Crippen molar-refractivity contribution in [3.8, 4) is 5.75 Å². The normalized spacial score (nSPS) is 16.1. The van der Waals surface area contributed by atoms with E-state index in [0.717, 1.165) is 23.3 Å². The summed E-state index contributed by atoms with van der Waals surface area (Å²) in [5, 5.41) is 0. The molecule has 1 heterocycles. The Bertz CT molecular complexity index is 828. The molecule has 1 unspecified atom stereocenters. The van der Waals surface area contributed by atoms with Crippen LogP contribution >= 0.6 is 0 Å². The molecule has 0 N–H and O–H groups in total. The van der Waals surface area contributed by atoms with Crippen LogP contribution in [0.1, 0.15) is 52.9 Å². The summed E-state index contributed by atoms with van der Waals surface area (Å²) in [6, 6.07) is 13.6. The summed E-state index contributed by atoms with van der Waals surface area (Å²) in [5.74, 6) is 0.923. The van der Waals surface area contributed by atoms with Gasteiger partial charge < -0.3 is 9.64 Å². The average Bonchev–Trinajstić information content (AvgIpc) is 2.66. The maximum absolute atomic E-state index is 12.7. The number of benzene rings is 2. The Morgan fingerprint density at radius 3 is 2.65 bits per heavy atom. The van der Waals surface area contributed by atoms with Crippen molar-refractivity contribution in [3.63, 3.8) is 0 Å². The fraction of sp³-hybridized carbons (Fsp3) is 0.364. The van der Waals surface area contributed by atoms with E-state index < -0.39 is 0 Å². The number of carbonyl (C=O) groups is 2. The van der Waals surface area contributed by atoms with E-state index in [1.165, 1.54) is 5.56 Å². The summed E-state index contributed by atoms with van der Waals surface area (Å²) in [5.41, 5.74) is 4.07. The molecular formula is C22H25NO3. The number of methoxy groups -OCH3 is 1. The van der Waals surface area contributed by atoms with Gasteiger partial charge in [0.25, 0.3) is 0 Å². The number of hydrogen-bond donors (Lipinski definition) is 0. The van der Waals surface area contributed by atoms with E-state index >= 15 is 0 Å². The summed E-state index contributed by atoms with van der Waals surface area (Å²) in [7, 11) is 1.66. The van der Waals surface area contributed by atoms with Crippen molar-refractivity contribution in [3.05, 3.63) is 64.7 Å². The quantitative estimate of drug-likeness (QED) is 0.762. The molecule has 0 radical (unpaired) electrons. The lowest BCUT2D eigenvalue weighted by atomic mass is 9.92. The summed E-state index contributed by atoms with van der Waals surface area (Å²) >= 11 is 0. The van der Waals surface area contributed by atoms with Crippen LogP contribution in [0.4, 0.5) is 0 Å². The SMILES string of the molecule is COc1ccc2c(c1)CCN(C(=O)CCC(=O)c1ccccc1C)C2C. The van der Waals surface area contributed by atoms with Crippen molar-refractivity contribution in [1.82, 2.24) is 4.90 Å². The molecular weight excluding hydrogens is 326 g/mol. The van der Waals surface area contributed by atoms with Crippen LogP contribution in [-0.4, -0.2) is 30.2 Å². The first-order valence-electron chi connectivity index (χ1n) is 9.06. The van der Waals surface area contributed by atoms with Crippen LogP contribution in [0.5, 0.6) is 5.75 Å². The van der Waals surface area contributed by atoms with E-state index in [4.69, 9.17) is 4.74 Å². The Kier molecular flexibility index (Phi) is 5.40. The number of fused-ring (bicyclic) bond motifs is 1. The van der Waals surface area contributed by atoms with Crippen LogP contribution < -0.4 is 4.74 Å². The Morgan fingerprint density at radius 2 is 1.92 bits per heavy atom. The zero-order chi connectivity index (χ0) is 18.7. The summed E-state index contributed by atoms with van der Waals surface area (Å²) in [4.78, 5) is 27.0. The molecule has 0 aromatic heterocycles. The van der Waals surface area contributed by atoms with Gasteiger partial charge in [0, 0.05) is 24.9 Å². The Morgan fingerprint density at radius 1 is 1.15 bits per heavy atom. The van der Waals surface area contributed by atoms with Gasteiger partial charge in [0.2, 0.25) is 5.91 Å². The number of aryl methyl sites for hydroxylation is 1. The molecule has 4 heteroatoms. The van der Waals surface area contributed by atoms with Gasteiger partial charge in [0.15, 0.2) is 5.78 Å². The van der Waals surface area contributed by atoms with Crippen LogP contribution in [-0.2, 0) is 11.2 Å². The number of hydrogen-bond acceptors (Lipinski definition) is 3. The number of ketones is 1. The Hall–Kier alpha value is -2.62. The Labute approximate surface area is 154 Å². The van der Waals surface area contributed by atoms with Crippen LogP contribution in [0.15, 0.2) is 42.5 Å². The van der Waals surface area contributed by atoms with Gasteiger partial charge >= 0.3 is 0 Å². The van der Waals surface area contributed by atoms with E-state index in [1.807, 2.05) is 55.1 Å². The highest BCUT2D eigenvalue weighted by atomic mass is 16.5. The van der Waals surface area contributed by atoms with Crippen molar-refractivity contribution in [2.45, 2.75) is 39.2 Å². The number of carbonyl (C=O) groups excluding carboxylic acids is 2. The predicted molar refractivity (Wildman–Crippen MR) is 102 cm³/mol. The smallest absolute Gasteiger partial charge is 0.223 e. The van der Waals surface area contributed by atoms with Crippen LogP contribution in [0, 0.1) is 6.92 Å². The van der Waals surface area contributed by atoms with E-state index in [2.05, 4.69) is 6.07 Å². The molecule has 0 saturated heterocycles. The molecule has 0 aliphatic carbocycles. The van der Waals surface area contributed by atoms with E-state index in [1.54, 1.807) is 7.11 Å². The van der Waals surface area contributed by atoms with Crippen molar-refractivity contribution < 1.29 is 14.3 Å². The maximum atomic E-state index is 12.7. The number of amides is 1. The number of rotatable bonds is 5. The van der Waals surface area contributed by atoms with Crippen molar-refractivity contribution in [2.75, 3.05) is 13.7 Å². The molecule has 2 aromatic rings. The van der Waals surface area contributed by atoms with Gasteiger partial charge in [-0.1, -0.05) is 30.3 Å². The molecule has 2 aromatic carbocycles. The number of ether oxygens (including phenoxy) is 1. The minimum Gasteiger partial charge on any atom is -0.497 e. The second-order valence-corrected chi connectivity index (χ2v) is 6.82. The van der Waals surface area contributed by atoms with Crippen LogP contribution in [0.2, 0.25) is 0 Å². The third kappa shape index (κ3) is 3.64. The largest absolute Gasteiger partial charge is 0.497 e. The number of Topliss-reactive ketones (excluding diaryl/α,β-unsaturated/α-hetero) is 1. The van der Waals surface area contributed by atoms with Gasteiger partial charge in [-0.25, -0.2) is 0 Å². The highest BCUT2D eigenvalue weighted by Crippen LogP contribution is 2.32.